The van der Waals surface area contributed by atoms with Crippen molar-refractivity contribution in [2.75, 3.05) is 13.2 Å². The van der Waals surface area contributed by atoms with Gasteiger partial charge in [0.2, 0.25) is 0 Å². The molecule has 3 rings (SSSR count). The fraction of sp³-hybridized carbons (Fsp3) is 0.364. The highest BCUT2D eigenvalue weighted by atomic mass is 35.5. The fourth-order valence-electron chi connectivity index (χ4n) is 2.92. The SMILES string of the molecule is CC(C)OCCCNCc1nn(Cc2ccc(F)cc2Cl)nc1-c1ccccc1. The van der Waals surface area contributed by atoms with Crippen molar-refractivity contribution >= 4 is 11.6 Å². The molecule has 0 aliphatic heterocycles. The number of hydrogen-bond donors (Lipinski definition) is 1. The maximum atomic E-state index is 13.3. The van der Waals surface area contributed by atoms with Crippen LogP contribution in [0.3, 0.4) is 0 Å². The van der Waals surface area contributed by atoms with Gasteiger partial charge in [-0.2, -0.15) is 15.0 Å². The van der Waals surface area contributed by atoms with Gasteiger partial charge in [0.25, 0.3) is 0 Å². The van der Waals surface area contributed by atoms with Crippen LogP contribution < -0.4 is 5.32 Å². The van der Waals surface area contributed by atoms with E-state index in [9.17, 15) is 4.39 Å². The Hall–Kier alpha value is -2.28. The zero-order valence-corrected chi connectivity index (χ0v) is 17.5. The van der Waals surface area contributed by atoms with E-state index >= 15 is 0 Å². The zero-order valence-electron chi connectivity index (χ0n) is 16.7. The highest BCUT2D eigenvalue weighted by Crippen LogP contribution is 2.22. The first-order chi connectivity index (χ1) is 14.0. The predicted molar refractivity (Wildman–Crippen MR) is 113 cm³/mol. The van der Waals surface area contributed by atoms with Crippen LogP contribution in [0.2, 0.25) is 5.02 Å². The summed E-state index contributed by atoms with van der Waals surface area (Å²) in [7, 11) is 0. The van der Waals surface area contributed by atoms with Gasteiger partial charge >= 0.3 is 0 Å². The molecule has 2 aromatic carbocycles. The van der Waals surface area contributed by atoms with E-state index in [1.807, 2.05) is 44.2 Å². The van der Waals surface area contributed by atoms with Gasteiger partial charge in [-0.15, -0.1) is 0 Å². The molecule has 1 heterocycles. The van der Waals surface area contributed by atoms with Crippen molar-refractivity contribution in [2.45, 2.75) is 39.5 Å². The van der Waals surface area contributed by atoms with E-state index in [0.29, 0.717) is 18.1 Å². The number of nitrogens with one attached hydrogen (secondary N) is 1. The van der Waals surface area contributed by atoms with Crippen LogP contribution in [0.25, 0.3) is 11.3 Å². The van der Waals surface area contributed by atoms with E-state index in [2.05, 4.69) is 15.5 Å². The lowest BCUT2D eigenvalue weighted by molar-refractivity contribution is 0.0770. The summed E-state index contributed by atoms with van der Waals surface area (Å²) in [5, 5.41) is 13.1. The van der Waals surface area contributed by atoms with E-state index in [1.165, 1.54) is 12.1 Å². The van der Waals surface area contributed by atoms with Crippen molar-refractivity contribution in [1.29, 1.82) is 0 Å². The van der Waals surface area contributed by atoms with Gasteiger partial charge < -0.3 is 10.1 Å². The third-order valence-electron chi connectivity index (χ3n) is 4.34. The van der Waals surface area contributed by atoms with Gasteiger partial charge in [-0.1, -0.05) is 48.0 Å². The molecule has 0 saturated heterocycles. The average Bonchev–Trinajstić information content (AvgIpc) is 3.10. The lowest BCUT2D eigenvalue weighted by atomic mass is 10.1. The Morgan fingerprint density at radius 3 is 2.66 bits per heavy atom. The Bertz CT molecular complexity index is 914. The third kappa shape index (κ3) is 6.35. The summed E-state index contributed by atoms with van der Waals surface area (Å²) in [6.45, 7) is 6.60. The summed E-state index contributed by atoms with van der Waals surface area (Å²) >= 11 is 6.16. The van der Waals surface area contributed by atoms with Crippen molar-refractivity contribution in [1.82, 2.24) is 20.3 Å². The minimum atomic E-state index is -0.358. The Labute approximate surface area is 175 Å². The molecule has 0 aliphatic rings. The van der Waals surface area contributed by atoms with Crippen molar-refractivity contribution in [2.24, 2.45) is 0 Å². The molecule has 0 bridgehead atoms. The number of benzene rings is 2. The summed E-state index contributed by atoms with van der Waals surface area (Å²) in [6.07, 6.45) is 1.18. The predicted octanol–water partition coefficient (Wildman–Crippen LogP) is 4.69. The molecule has 1 N–H and O–H groups in total. The second-order valence-electron chi connectivity index (χ2n) is 7.08. The number of ether oxygens (including phenoxy) is 1. The van der Waals surface area contributed by atoms with Crippen molar-refractivity contribution in [3.63, 3.8) is 0 Å². The van der Waals surface area contributed by atoms with Crippen LogP contribution in [0.4, 0.5) is 4.39 Å². The number of hydrogen-bond acceptors (Lipinski definition) is 4. The summed E-state index contributed by atoms with van der Waals surface area (Å²) in [5.74, 6) is -0.358. The van der Waals surface area contributed by atoms with Gasteiger partial charge in [0, 0.05) is 23.7 Å². The first-order valence-corrected chi connectivity index (χ1v) is 10.2. The molecule has 0 spiro atoms. The van der Waals surface area contributed by atoms with E-state index in [4.69, 9.17) is 16.3 Å². The molecule has 0 fully saturated rings. The van der Waals surface area contributed by atoms with E-state index < -0.39 is 0 Å². The van der Waals surface area contributed by atoms with Crippen LogP contribution in [0.15, 0.2) is 48.5 Å². The molecule has 0 atom stereocenters. The first-order valence-electron chi connectivity index (χ1n) is 9.78. The smallest absolute Gasteiger partial charge is 0.124 e. The minimum Gasteiger partial charge on any atom is -0.379 e. The topological polar surface area (TPSA) is 52.0 Å². The number of nitrogens with zero attached hydrogens (tertiary/aromatic N) is 3. The van der Waals surface area contributed by atoms with Gasteiger partial charge in [0.15, 0.2) is 0 Å². The van der Waals surface area contributed by atoms with Crippen molar-refractivity contribution in [3.8, 4) is 11.3 Å². The molecule has 1 aromatic heterocycles. The van der Waals surface area contributed by atoms with Crippen LogP contribution in [-0.2, 0) is 17.8 Å². The first kappa shape index (κ1) is 21.4. The van der Waals surface area contributed by atoms with Crippen LogP contribution in [-0.4, -0.2) is 34.2 Å². The minimum absolute atomic E-state index is 0.248. The molecule has 0 unspecified atom stereocenters. The van der Waals surface area contributed by atoms with Gasteiger partial charge in [-0.05, 0) is 44.5 Å². The molecular formula is C22H26ClFN4O. The maximum absolute atomic E-state index is 13.3. The van der Waals surface area contributed by atoms with Gasteiger partial charge in [-0.3, -0.25) is 0 Å². The summed E-state index contributed by atoms with van der Waals surface area (Å²) in [4.78, 5) is 1.61. The van der Waals surface area contributed by atoms with Gasteiger partial charge in [0.1, 0.15) is 17.2 Å². The molecule has 5 nitrogen and oxygen atoms in total. The molecule has 29 heavy (non-hydrogen) atoms. The lowest BCUT2D eigenvalue weighted by Crippen LogP contribution is -2.18. The molecule has 0 saturated carbocycles. The van der Waals surface area contributed by atoms with Crippen LogP contribution in [0, 0.1) is 5.82 Å². The second-order valence-corrected chi connectivity index (χ2v) is 7.48. The molecule has 154 valence electrons. The molecule has 0 aliphatic carbocycles. The van der Waals surface area contributed by atoms with Gasteiger partial charge in [-0.25, -0.2) is 4.39 Å². The number of aromatic nitrogens is 3. The van der Waals surface area contributed by atoms with Crippen LogP contribution in [0.1, 0.15) is 31.5 Å². The second kappa shape index (κ2) is 10.5. The highest BCUT2D eigenvalue weighted by molar-refractivity contribution is 6.31. The highest BCUT2D eigenvalue weighted by Gasteiger charge is 2.14. The Morgan fingerprint density at radius 2 is 1.93 bits per heavy atom. The third-order valence-corrected chi connectivity index (χ3v) is 4.69. The Kier molecular flexibility index (Phi) is 7.75. The lowest BCUT2D eigenvalue weighted by Gasteiger charge is -2.07. The normalized spacial score (nSPS) is 11.3. The van der Waals surface area contributed by atoms with Crippen LogP contribution >= 0.6 is 11.6 Å². The number of halogens is 2. The average molecular weight is 417 g/mol. The van der Waals surface area contributed by atoms with E-state index in [1.54, 1.807) is 10.9 Å². The van der Waals surface area contributed by atoms with E-state index in [0.717, 1.165) is 42.1 Å². The van der Waals surface area contributed by atoms with E-state index in [-0.39, 0.29) is 11.9 Å². The number of rotatable bonds is 10. The molecule has 3 aromatic rings. The quantitative estimate of drug-likeness (QED) is 0.487. The maximum Gasteiger partial charge on any atom is 0.124 e. The molecule has 0 radical (unpaired) electrons. The monoisotopic (exact) mass is 416 g/mol. The summed E-state index contributed by atoms with van der Waals surface area (Å²) < 4.78 is 18.9. The molecule has 0 amide bonds. The standard InChI is InChI=1S/C22H26ClFN4O/c1-16(2)29-12-6-11-25-14-21-22(17-7-4-3-5-8-17)27-28(26-21)15-18-9-10-19(24)13-20(18)23/h3-5,7-10,13,16,25H,6,11-12,14-15H2,1-2H3. The Morgan fingerprint density at radius 1 is 1.14 bits per heavy atom. The largest absolute Gasteiger partial charge is 0.379 e. The Balaban J connectivity index is 1.72. The summed E-state index contributed by atoms with van der Waals surface area (Å²) in [5.41, 5.74) is 3.46. The van der Waals surface area contributed by atoms with Crippen molar-refractivity contribution < 1.29 is 9.13 Å². The molecular weight excluding hydrogens is 391 g/mol. The molecule has 7 heteroatoms. The van der Waals surface area contributed by atoms with Crippen molar-refractivity contribution in [3.05, 3.63) is 70.6 Å². The fourth-order valence-corrected chi connectivity index (χ4v) is 3.14. The summed E-state index contributed by atoms with van der Waals surface area (Å²) in [6, 6.07) is 14.3. The van der Waals surface area contributed by atoms with Crippen LogP contribution in [0.5, 0.6) is 0 Å². The zero-order chi connectivity index (χ0) is 20.6. The van der Waals surface area contributed by atoms with Gasteiger partial charge in [0.05, 0.1) is 12.6 Å².